The van der Waals surface area contributed by atoms with Crippen LogP contribution in [-0.2, 0) is 6.61 Å². The molecule has 2 aromatic rings. The predicted octanol–water partition coefficient (Wildman–Crippen LogP) is 3.46. The SMILES string of the molecule is COc1cc(C)c(COc2ccc(C#N)cc2)cc1OC. The Hall–Kier alpha value is -2.67. The Morgan fingerprint density at radius 2 is 1.62 bits per heavy atom. The number of benzene rings is 2. The van der Waals surface area contributed by atoms with Gasteiger partial charge in [-0.3, -0.25) is 0 Å². The molecule has 4 nitrogen and oxygen atoms in total. The third kappa shape index (κ3) is 3.46. The largest absolute Gasteiger partial charge is 0.493 e. The maximum atomic E-state index is 8.76. The summed E-state index contributed by atoms with van der Waals surface area (Å²) in [5, 5.41) is 8.76. The van der Waals surface area contributed by atoms with Gasteiger partial charge in [-0.15, -0.1) is 0 Å². The molecule has 0 saturated carbocycles. The fourth-order valence-corrected chi connectivity index (χ4v) is 1.96. The topological polar surface area (TPSA) is 51.5 Å². The van der Waals surface area contributed by atoms with Gasteiger partial charge in [0.15, 0.2) is 11.5 Å². The summed E-state index contributed by atoms with van der Waals surface area (Å²) in [5.41, 5.74) is 2.71. The van der Waals surface area contributed by atoms with Gasteiger partial charge in [-0.1, -0.05) is 0 Å². The van der Waals surface area contributed by atoms with E-state index in [4.69, 9.17) is 19.5 Å². The van der Waals surface area contributed by atoms with E-state index in [0.717, 1.165) is 16.9 Å². The highest BCUT2D eigenvalue weighted by molar-refractivity contribution is 5.47. The first-order chi connectivity index (χ1) is 10.2. The minimum atomic E-state index is 0.429. The number of hydrogen-bond acceptors (Lipinski definition) is 4. The molecule has 0 radical (unpaired) electrons. The first-order valence-corrected chi connectivity index (χ1v) is 6.52. The first-order valence-electron chi connectivity index (χ1n) is 6.52. The molecule has 0 aromatic heterocycles. The van der Waals surface area contributed by atoms with E-state index in [2.05, 4.69) is 6.07 Å². The number of nitriles is 1. The Morgan fingerprint density at radius 1 is 1.00 bits per heavy atom. The number of nitrogens with zero attached hydrogens (tertiary/aromatic N) is 1. The summed E-state index contributed by atoms with van der Waals surface area (Å²) in [6.45, 7) is 2.43. The summed E-state index contributed by atoms with van der Waals surface area (Å²) >= 11 is 0. The lowest BCUT2D eigenvalue weighted by Crippen LogP contribution is -2.00. The molecule has 0 fully saturated rings. The lowest BCUT2D eigenvalue weighted by Gasteiger charge is -2.13. The molecule has 0 saturated heterocycles. The van der Waals surface area contributed by atoms with Gasteiger partial charge in [0.05, 0.1) is 25.9 Å². The van der Waals surface area contributed by atoms with Crippen LogP contribution in [0.25, 0.3) is 0 Å². The van der Waals surface area contributed by atoms with Crippen molar-refractivity contribution in [1.82, 2.24) is 0 Å². The van der Waals surface area contributed by atoms with Gasteiger partial charge in [0, 0.05) is 0 Å². The minimum Gasteiger partial charge on any atom is -0.493 e. The maximum Gasteiger partial charge on any atom is 0.161 e. The van der Waals surface area contributed by atoms with E-state index in [1.54, 1.807) is 38.5 Å². The smallest absolute Gasteiger partial charge is 0.161 e. The van der Waals surface area contributed by atoms with Crippen LogP contribution in [0.4, 0.5) is 0 Å². The molecule has 0 bridgehead atoms. The van der Waals surface area contributed by atoms with Crippen LogP contribution in [0.3, 0.4) is 0 Å². The third-order valence-electron chi connectivity index (χ3n) is 3.22. The van der Waals surface area contributed by atoms with E-state index in [1.165, 1.54) is 0 Å². The Balaban J connectivity index is 2.14. The van der Waals surface area contributed by atoms with Crippen molar-refractivity contribution in [3.05, 3.63) is 53.1 Å². The predicted molar refractivity (Wildman–Crippen MR) is 79.8 cm³/mol. The van der Waals surface area contributed by atoms with E-state index in [1.807, 2.05) is 19.1 Å². The maximum absolute atomic E-state index is 8.76. The van der Waals surface area contributed by atoms with Crippen LogP contribution >= 0.6 is 0 Å². The summed E-state index contributed by atoms with van der Waals surface area (Å²) in [7, 11) is 3.22. The first kappa shape index (κ1) is 14.7. The number of hydrogen-bond donors (Lipinski definition) is 0. The average Bonchev–Trinajstić information content (AvgIpc) is 2.53. The van der Waals surface area contributed by atoms with E-state index in [0.29, 0.717) is 23.7 Å². The van der Waals surface area contributed by atoms with Crippen LogP contribution in [0.15, 0.2) is 36.4 Å². The lowest BCUT2D eigenvalue weighted by atomic mass is 10.1. The van der Waals surface area contributed by atoms with Gasteiger partial charge in [-0.2, -0.15) is 5.26 Å². The second-order valence-electron chi connectivity index (χ2n) is 4.56. The van der Waals surface area contributed by atoms with Gasteiger partial charge < -0.3 is 14.2 Å². The van der Waals surface area contributed by atoms with Crippen LogP contribution in [-0.4, -0.2) is 14.2 Å². The van der Waals surface area contributed by atoms with E-state index >= 15 is 0 Å². The van der Waals surface area contributed by atoms with Crippen molar-refractivity contribution in [2.75, 3.05) is 14.2 Å². The molecule has 2 aromatic carbocycles. The van der Waals surface area contributed by atoms with Crippen molar-refractivity contribution in [1.29, 1.82) is 5.26 Å². The van der Waals surface area contributed by atoms with Crippen LogP contribution in [0.1, 0.15) is 16.7 Å². The zero-order valence-electron chi connectivity index (χ0n) is 12.3. The fourth-order valence-electron chi connectivity index (χ4n) is 1.96. The molecule has 21 heavy (non-hydrogen) atoms. The highest BCUT2D eigenvalue weighted by atomic mass is 16.5. The Bertz CT molecular complexity index is 657. The Kier molecular flexibility index (Phi) is 4.68. The summed E-state index contributed by atoms with van der Waals surface area (Å²) in [6.07, 6.45) is 0. The van der Waals surface area contributed by atoms with Crippen molar-refractivity contribution < 1.29 is 14.2 Å². The van der Waals surface area contributed by atoms with Gasteiger partial charge in [-0.05, 0) is 54.4 Å². The summed E-state index contributed by atoms with van der Waals surface area (Å²) < 4.78 is 16.3. The van der Waals surface area contributed by atoms with E-state index < -0.39 is 0 Å². The zero-order valence-corrected chi connectivity index (χ0v) is 12.3. The van der Waals surface area contributed by atoms with Gasteiger partial charge >= 0.3 is 0 Å². The van der Waals surface area contributed by atoms with Crippen molar-refractivity contribution in [3.63, 3.8) is 0 Å². The minimum absolute atomic E-state index is 0.429. The number of aryl methyl sites for hydroxylation is 1. The molecule has 0 spiro atoms. The average molecular weight is 283 g/mol. The van der Waals surface area contributed by atoms with Crippen LogP contribution in [0.2, 0.25) is 0 Å². The molecule has 0 amide bonds. The molecular weight excluding hydrogens is 266 g/mol. The number of rotatable bonds is 5. The molecule has 0 aliphatic carbocycles. The van der Waals surface area contributed by atoms with Crippen molar-refractivity contribution in [3.8, 4) is 23.3 Å². The zero-order chi connectivity index (χ0) is 15.2. The molecule has 0 aliphatic heterocycles. The van der Waals surface area contributed by atoms with Crippen molar-refractivity contribution in [2.45, 2.75) is 13.5 Å². The summed E-state index contributed by atoms with van der Waals surface area (Å²) in [6, 6.07) is 13.0. The second kappa shape index (κ2) is 6.67. The van der Waals surface area contributed by atoms with Gasteiger partial charge in [0.1, 0.15) is 12.4 Å². The molecule has 0 atom stereocenters. The van der Waals surface area contributed by atoms with Crippen molar-refractivity contribution in [2.24, 2.45) is 0 Å². The number of methoxy groups -OCH3 is 2. The summed E-state index contributed by atoms with van der Waals surface area (Å²) in [5.74, 6) is 2.11. The molecule has 108 valence electrons. The van der Waals surface area contributed by atoms with Gasteiger partial charge in [0.2, 0.25) is 0 Å². The van der Waals surface area contributed by atoms with E-state index in [-0.39, 0.29) is 0 Å². The van der Waals surface area contributed by atoms with Gasteiger partial charge in [0.25, 0.3) is 0 Å². The monoisotopic (exact) mass is 283 g/mol. The molecule has 0 N–H and O–H groups in total. The van der Waals surface area contributed by atoms with Crippen molar-refractivity contribution >= 4 is 0 Å². The van der Waals surface area contributed by atoms with Crippen LogP contribution in [0.5, 0.6) is 17.2 Å². The molecular formula is C17H17NO3. The highest BCUT2D eigenvalue weighted by Gasteiger charge is 2.09. The quantitative estimate of drug-likeness (QED) is 0.843. The van der Waals surface area contributed by atoms with Crippen LogP contribution in [0, 0.1) is 18.3 Å². The standard InChI is InChI=1S/C17H17NO3/c1-12-8-16(19-2)17(20-3)9-14(12)11-21-15-6-4-13(10-18)5-7-15/h4-9H,11H2,1-3H3. The van der Waals surface area contributed by atoms with E-state index in [9.17, 15) is 0 Å². The molecule has 0 aliphatic rings. The third-order valence-corrected chi connectivity index (χ3v) is 3.22. The lowest BCUT2D eigenvalue weighted by molar-refractivity contribution is 0.303. The highest BCUT2D eigenvalue weighted by Crippen LogP contribution is 2.30. The van der Waals surface area contributed by atoms with Crippen LogP contribution < -0.4 is 14.2 Å². The molecule has 0 heterocycles. The summed E-state index contributed by atoms with van der Waals surface area (Å²) in [4.78, 5) is 0. The molecule has 0 unspecified atom stereocenters. The fraction of sp³-hybridized carbons (Fsp3) is 0.235. The number of ether oxygens (including phenoxy) is 3. The Labute approximate surface area is 124 Å². The second-order valence-corrected chi connectivity index (χ2v) is 4.56. The normalized spacial score (nSPS) is 9.81. The van der Waals surface area contributed by atoms with Gasteiger partial charge in [-0.25, -0.2) is 0 Å². The Morgan fingerprint density at radius 3 is 2.19 bits per heavy atom. The molecule has 2 rings (SSSR count). The molecule has 4 heteroatoms.